The van der Waals surface area contributed by atoms with E-state index in [1.165, 1.54) is 12.8 Å². The van der Waals surface area contributed by atoms with Gasteiger partial charge in [-0.25, -0.2) is 0 Å². The van der Waals surface area contributed by atoms with Gasteiger partial charge in [-0.3, -0.25) is 0 Å². The monoisotopic (exact) mass is 160 g/mol. The van der Waals surface area contributed by atoms with Gasteiger partial charge in [0.15, 0.2) is 0 Å². The van der Waals surface area contributed by atoms with Crippen LogP contribution in [0.25, 0.3) is 0 Å². The Hall–Kier alpha value is -1.04. The maximum Gasteiger partial charge on any atom is -0.0133 e. The zero-order valence-corrected chi connectivity index (χ0v) is 7.66. The third-order valence-corrected chi connectivity index (χ3v) is 1.96. The van der Waals surface area contributed by atoms with Crippen molar-refractivity contribution in [1.82, 2.24) is 0 Å². The smallest absolute Gasteiger partial charge is 0.0133 e. The highest BCUT2D eigenvalue weighted by Crippen LogP contribution is 2.12. The lowest BCUT2D eigenvalue weighted by atomic mass is 10.2. The van der Waals surface area contributed by atoms with E-state index in [1.807, 2.05) is 0 Å². The summed E-state index contributed by atoms with van der Waals surface area (Å²) < 4.78 is 0. The average Bonchev–Trinajstić information content (AvgIpc) is 2.81. The average molecular weight is 160 g/mol. The number of allylic oxidation sites excluding steroid dienone is 8. The van der Waals surface area contributed by atoms with Crippen LogP contribution >= 0.6 is 0 Å². The van der Waals surface area contributed by atoms with E-state index < -0.39 is 0 Å². The van der Waals surface area contributed by atoms with Crippen molar-refractivity contribution in [3.05, 3.63) is 48.1 Å². The van der Waals surface area contributed by atoms with Crippen LogP contribution in [-0.4, -0.2) is 0 Å². The van der Waals surface area contributed by atoms with Crippen LogP contribution in [-0.2, 0) is 0 Å². The van der Waals surface area contributed by atoms with E-state index in [-0.39, 0.29) is 0 Å². The molecule has 0 heterocycles. The quantitative estimate of drug-likeness (QED) is 0.547. The molecule has 0 radical (unpaired) electrons. The molecule has 0 unspecified atom stereocenters. The highest BCUT2D eigenvalue weighted by Gasteiger charge is 1.91. The Bertz CT molecular complexity index is 216. The van der Waals surface area contributed by atoms with Crippen molar-refractivity contribution < 1.29 is 0 Å². The number of hydrogen-bond acceptors (Lipinski definition) is 0. The third kappa shape index (κ3) is 3.38. The Kier molecular flexibility index (Phi) is 4.22. The lowest BCUT2D eigenvalue weighted by Gasteiger charge is -1.88. The van der Waals surface area contributed by atoms with Crippen molar-refractivity contribution in [2.45, 2.75) is 26.2 Å². The van der Waals surface area contributed by atoms with Crippen molar-refractivity contribution in [2.24, 2.45) is 0 Å². The van der Waals surface area contributed by atoms with E-state index in [9.17, 15) is 0 Å². The van der Waals surface area contributed by atoms with Gasteiger partial charge in [-0.1, -0.05) is 55.0 Å². The molecule has 12 heavy (non-hydrogen) atoms. The minimum absolute atomic E-state index is 1.14. The van der Waals surface area contributed by atoms with Gasteiger partial charge in [-0.05, 0) is 19.3 Å². The summed E-state index contributed by atoms with van der Waals surface area (Å²) in [6, 6.07) is 0. The Morgan fingerprint density at radius 1 is 1.08 bits per heavy atom. The Balaban J connectivity index is 0.000000127. The molecule has 2 aliphatic carbocycles. The summed E-state index contributed by atoms with van der Waals surface area (Å²) >= 11 is 0. The van der Waals surface area contributed by atoms with E-state index in [0.717, 1.165) is 6.42 Å². The van der Waals surface area contributed by atoms with E-state index in [1.54, 1.807) is 5.57 Å². The van der Waals surface area contributed by atoms with Crippen LogP contribution < -0.4 is 0 Å². The van der Waals surface area contributed by atoms with Gasteiger partial charge < -0.3 is 0 Å². The summed E-state index contributed by atoms with van der Waals surface area (Å²) in [6.07, 6.45) is 18.4. The normalized spacial score (nSPS) is 17.6. The molecule has 0 nitrogen and oxygen atoms in total. The molecule has 2 rings (SSSR count). The molecule has 0 amide bonds. The summed E-state index contributed by atoms with van der Waals surface area (Å²) in [5, 5.41) is 0. The van der Waals surface area contributed by atoms with E-state index in [4.69, 9.17) is 0 Å². The van der Waals surface area contributed by atoms with Gasteiger partial charge in [0.2, 0.25) is 0 Å². The van der Waals surface area contributed by atoms with Crippen LogP contribution in [0, 0.1) is 0 Å². The molecule has 64 valence electrons. The van der Waals surface area contributed by atoms with Crippen LogP contribution in [0.5, 0.6) is 0 Å². The summed E-state index contributed by atoms with van der Waals surface area (Å²) in [6.45, 7) is 2.19. The largest absolute Gasteiger partial charge is 0.0808 e. The van der Waals surface area contributed by atoms with Crippen molar-refractivity contribution in [3.63, 3.8) is 0 Å². The molecule has 0 aromatic heterocycles. The van der Waals surface area contributed by atoms with Gasteiger partial charge in [-0.15, -0.1) is 0 Å². The van der Waals surface area contributed by atoms with Crippen LogP contribution in [0.15, 0.2) is 48.1 Å². The first-order chi connectivity index (χ1) is 5.93. The van der Waals surface area contributed by atoms with E-state index in [2.05, 4.69) is 49.5 Å². The van der Waals surface area contributed by atoms with Crippen molar-refractivity contribution in [1.29, 1.82) is 0 Å². The lowest BCUT2D eigenvalue weighted by molar-refractivity contribution is 1.05. The molecular weight excluding hydrogens is 144 g/mol. The summed E-state index contributed by atoms with van der Waals surface area (Å²) in [5.41, 5.74) is 1.56. The van der Waals surface area contributed by atoms with Crippen molar-refractivity contribution in [2.75, 3.05) is 0 Å². The minimum atomic E-state index is 1.14. The standard InChI is InChI=1S/C7H10.C5H6/c1-2-7-5-3-4-6-7;1-2-4-5-3-1/h3-5H,2,6H2,1H3;1-4H,5H2. The van der Waals surface area contributed by atoms with Crippen molar-refractivity contribution >= 4 is 0 Å². The Morgan fingerprint density at radius 3 is 2.08 bits per heavy atom. The van der Waals surface area contributed by atoms with Gasteiger partial charge in [0.25, 0.3) is 0 Å². The predicted molar refractivity (Wildman–Crippen MR) is 55.0 cm³/mol. The molecule has 0 spiro atoms. The molecular formula is C12H16. The highest BCUT2D eigenvalue weighted by molar-refractivity contribution is 5.22. The molecule has 0 aromatic carbocycles. The minimum Gasteiger partial charge on any atom is -0.0808 e. The second-order valence-corrected chi connectivity index (χ2v) is 2.90. The van der Waals surface area contributed by atoms with Gasteiger partial charge in [-0.2, -0.15) is 0 Å². The first kappa shape index (κ1) is 9.05. The Labute approximate surface area is 75.0 Å². The molecule has 0 aliphatic heterocycles. The predicted octanol–water partition coefficient (Wildman–Crippen LogP) is 3.79. The third-order valence-electron chi connectivity index (χ3n) is 1.96. The molecule has 2 aliphatic rings. The summed E-state index contributed by atoms with van der Waals surface area (Å²) in [4.78, 5) is 0. The van der Waals surface area contributed by atoms with Crippen LogP contribution in [0.4, 0.5) is 0 Å². The molecule has 0 N–H and O–H groups in total. The molecule has 0 aromatic rings. The first-order valence-corrected chi connectivity index (χ1v) is 4.59. The zero-order chi connectivity index (χ0) is 8.65. The van der Waals surface area contributed by atoms with Crippen LogP contribution in [0.3, 0.4) is 0 Å². The van der Waals surface area contributed by atoms with E-state index in [0.29, 0.717) is 0 Å². The molecule has 0 saturated heterocycles. The molecule has 0 heteroatoms. The van der Waals surface area contributed by atoms with E-state index >= 15 is 0 Å². The zero-order valence-electron chi connectivity index (χ0n) is 7.66. The van der Waals surface area contributed by atoms with Gasteiger partial charge in [0.1, 0.15) is 0 Å². The fraction of sp³-hybridized carbons (Fsp3) is 0.333. The highest BCUT2D eigenvalue weighted by atomic mass is 14.0. The van der Waals surface area contributed by atoms with Gasteiger partial charge in [0, 0.05) is 0 Å². The number of rotatable bonds is 1. The van der Waals surface area contributed by atoms with Gasteiger partial charge >= 0.3 is 0 Å². The lowest BCUT2D eigenvalue weighted by Crippen LogP contribution is -1.68. The first-order valence-electron chi connectivity index (χ1n) is 4.59. The topological polar surface area (TPSA) is 0 Å². The van der Waals surface area contributed by atoms with Crippen molar-refractivity contribution in [3.8, 4) is 0 Å². The maximum absolute atomic E-state index is 2.19. The second kappa shape index (κ2) is 5.59. The fourth-order valence-corrected chi connectivity index (χ4v) is 1.15. The SMILES string of the molecule is C1=CCC=C1.CCC1=CC=CC1. The summed E-state index contributed by atoms with van der Waals surface area (Å²) in [7, 11) is 0. The molecule has 0 bridgehead atoms. The molecule has 0 fully saturated rings. The molecule has 0 saturated carbocycles. The maximum atomic E-state index is 2.19. The molecule has 0 atom stereocenters. The second-order valence-electron chi connectivity index (χ2n) is 2.90. The van der Waals surface area contributed by atoms with Crippen LogP contribution in [0.2, 0.25) is 0 Å². The number of hydrogen-bond donors (Lipinski definition) is 0. The van der Waals surface area contributed by atoms with Gasteiger partial charge in [0.05, 0.1) is 0 Å². The fourth-order valence-electron chi connectivity index (χ4n) is 1.15. The summed E-state index contributed by atoms with van der Waals surface area (Å²) in [5.74, 6) is 0. The Morgan fingerprint density at radius 2 is 1.83 bits per heavy atom. The van der Waals surface area contributed by atoms with Crippen LogP contribution in [0.1, 0.15) is 26.2 Å².